The molecule has 4 rings (SSSR count). The number of anilines is 1. The van der Waals surface area contributed by atoms with Crippen LogP contribution in [0.4, 0.5) is 18.9 Å². The molecule has 0 aliphatic carbocycles. The third-order valence-electron chi connectivity index (χ3n) is 5.44. The Hall–Kier alpha value is -3.72. The van der Waals surface area contributed by atoms with Gasteiger partial charge in [0, 0.05) is 23.1 Å². The maximum atomic E-state index is 14.1. The van der Waals surface area contributed by atoms with Crippen molar-refractivity contribution in [3.63, 3.8) is 0 Å². The highest BCUT2D eigenvalue weighted by atomic mass is 32.2. The molecule has 1 aliphatic rings. The van der Waals surface area contributed by atoms with Crippen molar-refractivity contribution >= 4 is 33.2 Å². The second kappa shape index (κ2) is 8.90. The zero-order valence-corrected chi connectivity index (χ0v) is 18.8. The highest BCUT2D eigenvalue weighted by Crippen LogP contribution is 2.30. The average molecular weight is 484 g/mol. The molecule has 1 heterocycles. The summed E-state index contributed by atoms with van der Waals surface area (Å²) in [5, 5.41) is 0. The zero-order chi connectivity index (χ0) is 24.6. The van der Waals surface area contributed by atoms with Crippen LogP contribution in [0.25, 0.3) is 6.08 Å². The lowest BCUT2D eigenvalue weighted by Gasteiger charge is -2.32. The summed E-state index contributed by atoms with van der Waals surface area (Å²) in [4.78, 5) is 19.2. The normalized spacial score (nSPS) is 16.4. The van der Waals surface area contributed by atoms with E-state index < -0.39 is 33.3 Å². The Bertz CT molecular complexity index is 1430. The summed E-state index contributed by atoms with van der Waals surface area (Å²) in [6, 6.07) is 12.2. The number of amidine groups is 1. The molecule has 0 aromatic heterocycles. The third kappa shape index (κ3) is 4.51. The molecule has 5 nitrogen and oxygen atoms in total. The van der Waals surface area contributed by atoms with Gasteiger partial charge in [-0.15, -0.1) is 0 Å². The quantitative estimate of drug-likeness (QED) is 0.525. The molecule has 1 atom stereocenters. The Labute approximate surface area is 194 Å². The van der Waals surface area contributed by atoms with Crippen LogP contribution in [0.1, 0.15) is 22.7 Å². The van der Waals surface area contributed by atoms with Crippen LogP contribution in [0.3, 0.4) is 0 Å². The largest absolute Gasteiger partial charge is 0.319 e. The Balaban J connectivity index is 1.86. The van der Waals surface area contributed by atoms with E-state index in [4.69, 9.17) is 0 Å². The molecular weight excluding hydrogens is 465 g/mol. The first-order valence-corrected chi connectivity index (χ1v) is 12.0. The summed E-state index contributed by atoms with van der Waals surface area (Å²) < 4.78 is 65.0. The number of halogens is 3. The van der Waals surface area contributed by atoms with Crippen molar-refractivity contribution in [3.05, 3.63) is 101 Å². The first-order chi connectivity index (χ1) is 16.1. The van der Waals surface area contributed by atoms with Crippen LogP contribution in [0, 0.1) is 17.5 Å². The van der Waals surface area contributed by atoms with E-state index in [-0.39, 0.29) is 34.2 Å². The lowest BCUT2D eigenvalue weighted by molar-refractivity contribution is -0.119. The minimum Gasteiger partial charge on any atom is -0.319 e. The van der Waals surface area contributed by atoms with Crippen LogP contribution in [0.5, 0.6) is 0 Å². The molecule has 3 aromatic carbocycles. The Morgan fingerprint density at radius 2 is 1.65 bits per heavy atom. The number of benzene rings is 3. The van der Waals surface area contributed by atoms with E-state index in [0.717, 1.165) is 18.4 Å². The second-order valence-electron chi connectivity index (χ2n) is 7.79. The van der Waals surface area contributed by atoms with Crippen LogP contribution in [-0.4, -0.2) is 32.8 Å². The van der Waals surface area contributed by atoms with Crippen LogP contribution >= 0.6 is 0 Å². The Morgan fingerprint density at radius 1 is 0.971 bits per heavy atom. The fourth-order valence-corrected chi connectivity index (χ4v) is 4.31. The van der Waals surface area contributed by atoms with Gasteiger partial charge in [0.25, 0.3) is 0 Å². The SMILES string of the molecule is C=Cc1cc(C2=NC(c3ccc(F)c(F)c3)C(=O)CN2c2ccc(S(C)(=O)=O)cc2)ccc1F. The van der Waals surface area contributed by atoms with Crippen molar-refractivity contribution in [1.29, 1.82) is 0 Å². The van der Waals surface area contributed by atoms with E-state index in [9.17, 15) is 26.4 Å². The number of Topliss-reactive ketones (excluding diaryl/α,β-unsaturated/α-hetero) is 1. The number of hydrogen-bond acceptors (Lipinski definition) is 5. The van der Waals surface area contributed by atoms with Gasteiger partial charge in [-0.05, 0) is 60.2 Å². The smallest absolute Gasteiger partial charge is 0.181 e. The van der Waals surface area contributed by atoms with E-state index in [2.05, 4.69) is 11.6 Å². The molecule has 0 N–H and O–H groups in total. The van der Waals surface area contributed by atoms with Crippen molar-refractivity contribution in [3.8, 4) is 0 Å². The van der Waals surface area contributed by atoms with Gasteiger partial charge >= 0.3 is 0 Å². The number of carbonyl (C=O) groups excluding carboxylic acids is 1. The number of carbonyl (C=O) groups is 1. The standard InChI is InChI=1S/C25H19F3N2O3S/c1-3-15-12-17(5-10-20(15)26)25-29-24(16-4-11-21(27)22(28)13-16)23(31)14-30(25)18-6-8-19(9-7-18)34(2,32)33/h3-13,24H,1,14H2,2H3. The molecule has 0 amide bonds. The molecule has 3 aromatic rings. The highest BCUT2D eigenvalue weighted by Gasteiger charge is 2.32. The van der Waals surface area contributed by atoms with E-state index in [1.807, 2.05) is 0 Å². The highest BCUT2D eigenvalue weighted by molar-refractivity contribution is 7.90. The number of hydrogen-bond donors (Lipinski definition) is 0. The molecular formula is C25H19F3N2O3S. The number of nitrogens with zero attached hydrogens (tertiary/aromatic N) is 2. The summed E-state index contributed by atoms with van der Waals surface area (Å²) >= 11 is 0. The fraction of sp³-hybridized carbons (Fsp3) is 0.120. The average Bonchev–Trinajstić information content (AvgIpc) is 2.81. The summed E-state index contributed by atoms with van der Waals surface area (Å²) in [5.41, 5.74) is 1.34. The molecule has 174 valence electrons. The molecule has 1 aliphatic heterocycles. The molecule has 0 saturated carbocycles. The van der Waals surface area contributed by atoms with Crippen molar-refractivity contribution in [2.24, 2.45) is 4.99 Å². The first kappa shape index (κ1) is 23.4. The monoisotopic (exact) mass is 484 g/mol. The molecule has 0 saturated heterocycles. The molecule has 0 radical (unpaired) electrons. The molecule has 1 unspecified atom stereocenters. The Kier molecular flexibility index (Phi) is 6.14. The minimum atomic E-state index is -3.43. The van der Waals surface area contributed by atoms with Crippen LogP contribution < -0.4 is 4.90 Å². The van der Waals surface area contributed by atoms with Crippen LogP contribution in [0.2, 0.25) is 0 Å². The van der Waals surface area contributed by atoms with Gasteiger partial charge in [0.15, 0.2) is 27.3 Å². The maximum Gasteiger partial charge on any atom is 0.181 e. The van der Waals surface area contributed by atoms with Gasteiger partial charge in [0.2, 0.25) is 0 Å². The topological polar surface area (TPSA) is 66.8 Å². The lowest BCUT2D eigenvalue weighted by Crippen LogP contribution is -2.42. The summed E-state index contributed by atoms with van der Waals surface area (Å²) in [6.45, 7) is 3.42. The molecule has 0 bridgehead atoms. The molecule has 0 spiro atoms. The van der Waals surface area contributed by atoms with E-state index in [1.54, 1.807) is 4.90 Å². The van der Waals surface area contributed by atoms with Gasteiger partial charge in [0.1, 0.15) is 17.7 Å². The van der Waals surface area contributed by atoms with E-state index in [1.165, 1.54) is 54.6 Å². The summed E-state index contributed by atoms with van der Waals surface area (Å²) in [5.74, 6) is -2.74. The number of ketones is 1. The van der Waals surface area contributed by atoms with Crippen molar-refractivity contribution in [2.45, 2.75) is 10.9 Å². The number of rotatable bonds is 5. The third-order valence-corrected chi connectivity index (χ3v) is 6.56. The van der Waals surface area contributed by atoms with E-state index in [0.29, 0.717) is 11.3 Å². The van der Waals surface area contributed by atoms with E-state index >= 15 is 0 Å². The minimum absolute atomic E-state index is 0.105. The molecule has 34 heavy (non-hydrogen) atoms. The fourth-order valence-electron chi connectivity index (χ4n) is 3.68. The number of sulfone groups is 1. The zero-order valence-electron chi connectivity index (χ0n) is 18.0. The molecule has 9 heteroatoms. The van der Waals surface area contributed by atoms with Gasteiger partial charge in [-0.1, -0.05) is 18.7 Å². The van der Waals surface area contributed by atoms with Gasteiger partial charge in [-0.2, -0.15) is 0 Å². The van der Waals surface area contributed by atoms with Crippen molar-refractivity contribution in [2.75, 3.05) is 17.7 Å². The second-order valence-corrected chi connectivity index (χ2v) is 9.80. The lowest BCUT2D eigenvalue weighted by atomic mass is 9.98. The predicted octanol–water partition coefficient (Wildman–Crippen LogP) is 4.73. The van der Waals surface area contributed by atoms with Gasteiger partial charge in [0.05, 0.1) is 11.4 Å². The first-order valence-electron chi connectivity index (χ1n) is 10.1. The van der Waals surface area contributed by atoms with Gasteiger partial charge in [-0.3, -0.25) is 9.79 Å². The summed E-state index contributed by atoms with van der Waals surface area (Å²) in [7, 11) is -3.43. The van der Waals surface area contributed by atoms with Crippen LogP contribution in [-0.2, 0) is 14.6 Å². The Morgan fingerprint density at radius 3 is 2.26 bits per heavy atom. The van der Waals surface area contributed by atoms with Gasteiger partial charge < -0.3 is 4.90 Å². The van der Waals surface area contributed by atoms with Gasteiger partial charge in [-0.25, -0.2) is 21.6 Å². The maximum absolute atomic E-state index is 14.1. The van der Waals surface area contributed by atoms with Crippen LogP contribution in [0.15, 0.2) is 77.1 Å². The predicted molar refractivity (Wildman–Crippen MR) is 124 cm³/mol. The summed E-state index contributed by atoms with van der Waals surface area (Å²) in [6.07, 6.45) is 2.42. The molecule has 0 fully saturated rings. The number of aliphatic imine (C=N–C) groups is 1. The van der Waals surface area contributed by atoms with Crippen molar-refractivity contribution in [1.82, 2.24) is 0 Å². The van der Waals surface area contributed by atoms with Crippen molar-refractivity contribution < 1.29 is 26.4 Å².